The van der Waals surface area contributed by atoms with Crippen LogP contribution in [0.15, 0.2) is 23.2 Å². The lowest BCUT2D eigenvalue weighted by atomic mass is 10.1. The second-order valence-electron chi connectivity index (χ2n) is 4.15. The molecule has 0 aliphatic rings. The van der Waals surface area contributed by atoms with E-state index >= 15 is 0 Å². The van der Waals surface area contributed by atoms with Crippen molar-refractivity contribution < 1.29 is 14.9 Å². The van der Waals surface area contributed by atoms with Gasteiger partial charge in [0.2, 0.25) is 0 Å². The number of hydrogen-bond donors (Lipinski definition) is 2. The molecule has 0 aromatic heterocycles. The first-order chi connectivity index (χ1) is 7.48. The van der Waals surface area contributed by atoms with E-state index in [1.54, 1.807) is 39.2 Å². The Kier molecular flexibility index (Phi) is 3.90. The first-order valence-corrected chi connectivity index (χ1v) is 5.01. The molecule has 88 valence electrons. The van der Waals surface area contributed by atoms with E-state index in [0.717, 1.165) is 0 Å². The molecule has 0 saturated heterocycles. The van der Waals surface area contributed by atoms with Crippen LogP contribution in [0.2, 0.25) is 0 Å². The zero-order valence-electron chi connectivity index (χ0n) is 9.77. The Balaban J connectivity index is 2.96. The lowest BCUT2D eigenvalue weighted by Gasteiger charge is -2.15. The van der Waals surface area contributed by atoms with Crippen LogP contribution in [0.1, 0.15) is 19.4 Å². The molecule has 16 heavy (non-hydrogen) atoms. The van der Waals surface area contributed by atoms with Gasteiger partial charge in [-0.15, -0.1) is 0 Å². The molecule has 0 aliphatic carbocycles. The van der Waals surface area contributed by atoms with Gasteiger partial charge in [-0.1, -0.05) is 0 Å². The molecule has 1 aromatic rings. The molecule has 4 nitrogen and oxygen atoms in total. The van der Waals surface area contributed by atoms with Crippen molar-refractivity contribution in [1.82, 2.24) is 0 Å². The van der Waals surface area contributed by atoms with Crippen molar-refractivity contribution >= 4 is 6.21 Å². The highest BCUT2D eigenvalue weighted by atomic mass is 16.5. The molecule has 0 atom stereocenters. The molecule has 0 aliphatic heterocycles. The van der Waals surface area contributed by atoms with E-state index in [1.165, 1.54) is 6.21 Å². The van der Waals surface area contributed by atoms with Crippen LogP contribution in [0.4, 0.5) is 0 Å². The number of phenols is 1. The van der Waals surface area contributed by atoms with Crippen LogP contribution in [0.5, 0.6) is 11.5 Å². The summed E-state index contributed by atoms with van der Waals surface area (Å²) < 4.78 is 5.05. The number of benzene rings is 1. The summed E-state index contributed by atoms with van der Waals surface area (Å²) in [4.78, 5) is 4.19. The van der Waals surface area contributed by atoms with Gasteiger partial charge < -0.3 is 14.9 Å². The SMILES string of the molecule is COc1ccc(O)c(C=NC(C)(C)CO)c1. The fourth-order valence-electron chi connectivity index (χ4n) is 1.05. The zero-order valence-corrected chi connectivity index (χ0v) is 9.77. The van der Waals surface area contributed by atoms with E-state index in [1.807, 2.05) is 0 Å². The van der Waals surface area contributed by atoms with Crippen LogP contribution >= 0.6 is 0 Å². The zero-order chi connectivity index (χ0) is 12.2. The minimum Gasteiger partial charge on any atom is -0.507 e. The van der Waals surface area contributed by atoms with Crippen molar-refractivity contribution in [1.29, 1.82) is 0 Å². The highest BCUT2D eigenvalue weighted by Crippen LogP contribution is 2.21. The van der Waals surface area contributed by atoms with Crippen LogP contribution in [0.3, 0.4) is 0 Å². The summed E-state index contributed by atoms with van der Waals surface area (Å²) in [6.07, 6.45) is 1.54. The molecule has 4 heteroatoms. The monoisotopic (exact) mass is 223 g/mol. The third kappa shape index (κ3) is 3.24. The normalized spacial score (nSPS) is 12.0. The number of hydrogen-bond acceptors (Lipinski definition) is 4. The van der Waals surface area contributed by atoms with Crippen LogP contribution in [0.25, 0.3) is 0 Å². The first-order valence-electron chi connectivity index (χ1n) is 5.01. The lowest BCUT2D eigenvalue weighted by molar-refractivity contribution is 0.223. The van der Waals surface area contributed by atoms with Crippen molar-refractivity contribution in [2.24, 2.45) is 4.99 Å². The van der Waals surface area contributed by atoms with E-state index in [2.05, 4.69) is 4.99 Å². The number of phenolic OH excluding ortho intramolecular Hbond substituents is 1. The van der Waals surface area contributed by atoms with Crippen molar-refractivity contribution in [3.8, 4) is 11.5 Å². The van der Waals surface area contributed by atoms with Crippen molar-refractivity contribution in [3.63, 3.8) is 0 Å². The Morgan fingerprint density at radius 3 is 2.69 bits per heavy atom. The molecule has 0 unspecified atom stereocenters. The molecule has 0 radical (unpaired) electrons. The minimum atomic E-state index is -0.546. The third-order valence-electron chi connectivity index (χ3n) is 2.17. The van der Waals surface area contributed by atoms with Crippen LogP contribution in [-0.2, 0) is 0 Å². The summed E-state index contributed by atoms with van der Waals surface area (Å²) in [5, 5.41) is 18.6. The van der Waals surface area contributed by atoms with Crippen LogP contribution in [0, 0.1) is 0 Å². The highest BCUT2D eigenvalue weighted by Gasteiger charge is 2.13. The lowest BCUT2D eigenvalue weighted by Crippen LogP contribution is -2.21. The highest BCUT2D eigenvalue weighted by molar-refractivity contribution is 5.84. The topological polar surface area (TPSA) is 62.0 Å². The fourth-order valence-corrected chi connectivity index (χ4v) is 1.05. The number of ether oxygens (including phenoxy) is 1. The Morgan fingerprint density at radius 2 is 2.12 bits per heavy atom. The van der Waals surface area contributed by atoms with Crippen molar-refractivity contribution in [3.05, 3.63) is 23.8 Å². The number of rotatable bonds is 4. The second-order valence-corrected chi connectivity index (χ2v) is 4.15. The van der Waals surface area contributed by atoms with Gasteiger partial charge >= 0.3 is 0 Å². The van der Waals surface area contributed by atoms with E-state index < -0.39 is 5.54 Å². The maximum Gasteiger partial charge on any atom is 0.124 e. The Morgan fingerprint density at radius 1 is 1.44 bits per heavy atom. The summed E-state index contributed by atoms with van der Waals surface area (Å²) >= 11 is 0. The van der Waals surface area contributed by atoms with E-state index in [9.17, 15) is 5.11 Å². The maximum atomic E-state index is 9.59. The van der Waals surface area contributed by atoms with Gasteiger partial charge in [0.1, 0.15) is 11.5 Å². The van der Waals surface area contributed by atoms with Gasteiger partial charge in [0.05, 0.1) is 19.3 Å². The number of aliphatic hydroxyl groups is 1. The molecule has 0 fully saturated rings. The Hall–Kier alpha value is -1.55. The molecule has 1 aromatic carbocycles. The van der Waals surface area contributed by atoms with Gasteiger partial charge in [-0.05, 0) is 32.0 Å². The maximum absolute atomic E-state index is 9.59. The van der Waals surface area contributed by atoms with Crippen molar-refractivity contribution in [2.75, 3.05) is 13.7 Å². The van der Waals surface area contributed by atoms with Gasteiger partial charge in [0.15, 0.2) is 0 Å². The third-order valence-corrected chi connectivity index (χ3v) is 2.17. The number of nitrogens with zero attached hydrogens (tertiary/aromatic N) is 1. The van der Waals surface area contributed by atoms with Gasteiger partial charge in [-0.3, -0.25) is 4.99 Å². The molecule has 0 amide bonds. The van der Waals surface area contributed by atoms with Gasteiger partial charge in [-0.2, -0.15) is 0 Å². The second kappa shape index (κ2) is 4.99. The fraction of sp³-hybridized carbons (Fsp3) is 0.417. The van der Waals surface area contributed by atoms with Gasteiger partial charge in [-0.25, -0.2) is 0 Å². The molecule has 1 rings (SSSR count). The van der Waals surface area contributed by atoms with Gasteiger partial charge in [0, 0.05) is 11.8 Å². The Labute approximate surface area is 95.2 Å². The summed E-state index contributed by atoms with van der Waals surface area (Å²) in [6, 6.07) is 4.91. The summed E-state index contributed by atoms with van der Waals surface area (Å²) in [5.74, 6) is 0.791. The van der Waals surface area contributed by atoms with E-state index in [-0.39, 0.29) is 12.4 Å². The molecular weight excluding hydrogens is 206 g/mol. The quantitative estimate of drug-likeness (QED) is 0.762. The van der Waals surface area contributed by atoms with E-state index in [0.29, 0.717) is 11.3 Å². The molecule has 2 N–H and O–H groups in total. The number of aromatic hydroxyl groups is 1. The molecule has 0 heterocycles. The smallest absolute Gasteiger partial charge is 0.124 e. The minimum absolute atomic E-state index is 0.0474. The van der Waals surface area contributed by atoms with Crippen LogP contribution in [-0.4, -0.2) is 35.7 Å². The number of aliphatic imine (C=N–C) groups is 1. The average molecular weight is 223 g/mol. The Bertz CT molecular complexity index is 386. The number of aliphatic hydroxyl groups excluding tert-OH is 1. The predicted molar refractivity (Wildman–Crippen MR) is 63.4 cm³/mol. The molecule has 0 spiro atoms. The number of methoxy groups -OCH3 is 1. The van der Waals surface area contributed by atoms with Crippen molar-refractivity contribution in [2.45, 2.75) is 19.4 Å². The molecule has 0 saturated carbocycles. The summed E-state index contributed by atoms with van der Waals surface area (Å²) in [7, 11) is 1.56. The summed E-state index contributed by atoms with van der Waals surface area (Å²) in [6.45, 7) is 3.57. The molecule has 0 bridgehead atoms. The summed E-state index contributed by atoms with van der Waals surface area (Å²) in [5.41, 5.74) is 0.0241. The largest absolute Gasteiger partial charge is 0.507 e. The standard InChI is InChI=1S/C12H17NO3/c1-12(2,8-14)13-7-9-6-10(16-3)4-5-11(9)15/h4-7,14-15H,8H2,1-3H3. The average Bonchev–Trinajstić information content (AvgIpc) is 2.28. The predicted octanol–water partition coefficient (Wildman–Crippen LogP) is 1.59. The van der Waals surface area contributed by atoms with Gasteiger partial charge in [0.25, 0.3) is 0 Å². The van der Waals surface area contributed by atoms with E-state index in [4.69, 9.17) is 9.84 Å². The molecular formula is C12H17NO3. The first kappa shape index (κ1) is 12.5. The van der Waals surface area contributed by atoms with Crippen LogP contribution < -0.4 is 4.74 Å².